The minimum absolute atomic E-state index is 0. The predicted molar refractivity (Wildman–Crippen MR) is 511 cm³/mol. The van der Waals surface area contributed by atoms with Crippen molar-refractivity contribution in [2.45, 2.75) is 298 Å². The van der Waals surface area contributed by atoms with Gasteiger partial charge in [0.05, 0.1) is 26.3 Å². The Morgan fingerprint density at radius 1 is 0.352 bits per heavy atom. The Morgan fingerprint density at radius 3 is 0.945 bits per heavy atom. The van der Waals surface area contributed by atoms with Gasteiger partial charge in [-0.05, 0) is 182 Å². The highest BCUT2D eigenvalue weighted by Crippen LogP contribution is 2.10. The predicted octanol–water partition coefficient (Wildman–Crippen LogP) is 18.7. The molecule has 0 radical (unpaired) electrons. The molecule has 756 valence electrons. The third-order valence-electron chi connectivity index (χ3n) is 14.7. The van der Waals surface area contributed by atoms with Crippen molar-refractivity contribution >= 4 is 84.7 Å². The van der Waals surface area contributed by atoms with Crippen LogP contribution < -0.4 is 47.9 Å². The minimum atomic E-state index is -1.14. The van der Waals surface area contributed by atoms with Gasteiger partial charge in [-0.15, -0.1) is 0 Å². The number of amides is 9. The maximum absolute atomic E-state index is 11.8. The summed E-state index contributed by atoms with van der Waals surface area (Å²) in [6.07, 6.45) is 11.5. The molecule has 0 spiro atoms. The van der Waals surface area contributed by atoms with Gasteiger partial charge in [-0.2, -0.15) is 0 Å². The Balaban J connectivity index is -0.0000000728. The SMILES string of the molecule is C/C=C/NC(=O)OC(C)CC.C=C(C)C(=O)OCCNC(=O)OC(C)CC.C=C(C)C(=O)OCCOCCNC(=O)OC(C)CC.C=C(C)CNC(=O)OC(C)CC.C=C(C)NC(=O)OC(C)CC.C=CC(=O)OCC(C)(COC(=O)C=C)NC(=O)OC(C)CC.C=CC(=O)OCCNC(=O)OC(C)CC.C=CNC(=O)OC(C)CC.CCC(C)OC(=O)NC=C(C)C.[HH].[HH].[HH].[HH].[HH].[HH].[HH].[HH].[HH]. The molecular weight excluding hydrogens is 1670 g/mol. The minimum Gasteiger partial charge on any atom is -0.461 e. The normalized spacial score (nSPS) is 11.8. The number of rotatable bonds is 46. The van der Waals surface area contributed by atoms with E-state index in [1.54, 1.807) is 66.9 Å². The zero-order valence-corrected chi connectivity index (χ0v) is 81.4. The molecule has 0 rings (SSSR count). The molecule has 9 N–H and O–H groups in total. The van der Waals surface area contributed by atoms with Crippen LogP contribution in [0.2, 0.25) is 0 Å². The van der Waals surface area contributed by atoms with E-state index in [9.17, 15) is 67.1 Å². The van der Waals surface area contributed by atoms with Crippen LogP contribution in [0.25, 0.3) is 0 Å². The zero-order valence-electron chi connectivity index (χ0n) is 81.4. The zero-order chi connectivity index (χ0) is 101. The fourth-order valence-electron chi connectivity index (χ4n) is 5.92. The Morgan fingerprint density at radius 2 is 0.641 bits per heavy atom. The molecule has 0 fully saturated rings. The Bertz CT molecular complexity index is 3310. The fourth-order valence-corrected chi connectivity index (χ4v) is 5.92. The van der Waals surface area contributed by atoms with Crippen LogP contribution in [0.4, 0.5) is 43.2 Å². The number of ether oxygens (including phenoxy) is 15. The molecule has 0 saturated heterocycles. The van der Waals surface area contributed by atoms with E-state index in [1.165, 1.54) is 6.20 Å². The van der Waals surface area contributed by atoms with Gasteiger partial charge in [0.1, 0.15) is 93.5 Å². The topological polar surface area (TPSA) is 486 Å². The van der Waals surface area contributed by atoms with E-state index in [4.69, 9.17) is 66.3 Å². The molecule has 0 aliphatic heterocycles. The van der Waals surface area contributed by atoms with Gasteiger partial charge in [-0.1, -0.05) is 132 Å². The smallest absolute Gasteiger partial charge is 0.411 e. The first-order chi connectivity index (χ1) is 59.9. The highest BCUT2D eigenvalue weighted by Gasteiger charge is 2.31. The van der Waals surface area contributed by atoms with E-state index in [-0.39, 0.29) is 133 Å². The van der Waals surface area contributed by atoms with Crippen LogP contribution in [0.1, 0.15) is 251 Å². The van der Waals surface area contributed by atoms with E-state index in [1.807, 2.05) is 132 Å². The van der Waals surface area contributed by atoms with Gasteiger partial charge >= 0.3 is 84.7 Å². The van der Waals surface area contributed by atoms with Crippen LogP contribution in [0.3, 0.4) is 0 Å². The molecule has 0 aromatic carbocycles. The fraction of sp³-hybridized carbons (Fsp3) is 0.622. The summed E-state index contributed by atoms with van der Waals surface area (Å²) in [6, 6.07) is 0. The first-order valence-electron chi connectivity index (χ1n) is 42.3. The molecule has 0 aliphatic carbocycles. The molecule has 0 saturated carbocycles. The number of hydrogen-bond donors (Lipinski definition) is 9. The van der Waals surface area contributed by atoms with Gasteiger partial charge in [-0.3, -0.25) is 21.3 Å². The average Bonchev–Trinajstić information content (AvgIpc) is 0.868. The second-order valence-corrected chi connectivity index (χ2v) is 28.1. The van der Waals surface area contributed by atoms with Crippen molar-refractivity contribution < 1.29 is 151 Å². The number of esters is 5. The van der Waals surface area contributed by atoms with E-state index >= 15 is 0 Å². The molecule has 0 aliphatic rings. The number of nitrogens with one attached hydrogen (secondary N) is 9. The van der Waals surface area contributed by atoms with Gasteiger partial charge in [0.25, 0.3) is 0 Å². The Hall–Kier alpha value is -11.9. The van der Waals surface area contributed by atoms with Gasteiger partial charge < -0.3 is 97.6 Å². The van der Waals surface area contributed by atoms with E-state index in [2.05, 4.69) is 105 Å². The maximum Gasteiger partial charge on any atom is 0.411 e. The average molecular weight is 1850 g/mol. The Kier molecular flexibility index (Phi) is 94.3. The largest absolute Gasteiger partial charge is 0.461 e. The molecule has 38 nitrogen and oxygen atoms in total. The van der Waals surface area contributed by atoms with Gasteiger partial charge in [-0.25, -0.2) is 67.1 Å². The molecule has 9 amide bonds. The van der Waals surface area contributed by atoms with Crippen LogP contribution in [-0.4, -0.2) is 218 Å². The molecule has 0 heterocycles. The number of allylic oxidation sites excluding steroid dienone is 3. The molecule has 0 aromatic heterocycles. The molecule has 0 aromatic rings. The highest BCUT2D eigenvalue weighted by molar-refractivity contribution is 5.87. The summed E-state index contributed by atoms with van der Waals surface area (Å²) in [4.78, 5) is 154. The quantitative estimate of drug-likeness (QED) is 0.00898. The van der Waals surface area contributed by atoms with Crippen molar-refractivity contribution in [1.82, 2.24) is 47.9 Å². The third-order valence-corrected chi connectivity index (χ3v) is 14.7. The lowest BCUT2D eigenvalue weighted by Crippen LogP contribution is -2.54. The molecule has 128 heavy (non-hydrogen) atoms. The first-order valence-corrected chi connectivity index (χ1v) is 42.3. The molecule has 38 heteroatoms. The van der Waals surface area contributed by atoms with Crippen LogP contribution in [0.15, 0.2) is 124 Å². The standard InChI is InChI=1S/C15H23NO6.C13H23NO5.C11H19NO4.C10H17NO4.2C9H17NO2.2C8H15NO2.C7H13NO2.9H2/c1-6-11(4)22-14(19)16-15(5,9-20-12(17)7-2)10-21-13(18)8-3;1-5-11(4)19-13(16)14-6-7-17-8-9-18-12(15)10(2)3;1-5-9(4)16-11(14)12-6-7-15-10(13)8(2)3;1-4-8(3)15-10(13)11-6-7-14-9(12)5-2;2*1-5-8(4)12-9(11)10-6-7(2)3;1-5-7(4)11-8(10)9-6(2)3;1-4-6-9-8(10)11-7(3)5-2;1-4-6(3)10-7(9)8-5-2;;;;;;;;;/h7-8,11H,2-3,6,9-10H2,1,4-5H3,(H,16,19);11H,2,5-9H2,1,3-4H3,(H,14,16);9H,2,5-7H2,1,3-4H3,(H,12,14);5,8H,2,4,6-7H2,1,3H3,(H,11,13);6,8H,5H2,1-4H3,(H,10,11);8H,2,5-6H2,1,3-4H3,(H,10,11);7H,2,5H2,1,3-4H3,(H,9,10);4,6-7H,5H2,1-3H3,(H,9,10);5-6H,2,4H2,1,3H3,(H,8,9);9*1H/b;;;;;;;6-4+;;;;;;;;;;. The van der Waals surface area contributed by atoms with Crippen LogP contribution >= 0.6 is 0 Å². The Labute approximate surface area is 775 Å². The molecule has 9 atom stereocenters. The summed E-state index contributed by atoms with van der Waals surface area (Å²) in [5.41, 5.74) is 2.10. The second kappa shape index (κ2) is 89.9. The number of carbonyl (C=O) groups is 14. The first kappa shape index (κ1) is 134. The lowest BCUT2D eigenvalue weighted by atomic mass is 10.1. The molecular formula is C90H177N9O29. The summed E-state index contributed by atoms with van der Waals surface area (Å²) >= 11 is 0. The third kappa shape index (κ3) is 105. The number of carbonyl (C=O) groups excluding carboxylic acids is 14. The van der Waals surface area contributed by atoms with E-state index < -0.39 is 78.0 Å². The lowest BCUT2D eigenvalue weighted by molar-refractivity contribution is -0.145. The molecule has 0 bridgehead atoms. The van der Waals surface area contributed by atoms with E-state index in [0.717, 1.165) is 80.7 Å². The maximum atomic E-state index is 11.8. The van der Waals surface area contributed by atoms with E-state index in [0.29, 0.717) is 43.0 Å². The summed E-state index contributed by atoms with van der Waals surface area (Å²) < 4.78 is 73.7. The van der Waals surface area contributed by atoms with Crippen molar-refractivity contribution in [3.05, 3.63) is 124 Å². The summed E-state index contributed by atoms with van der Waals surface area (Å²) in [5.74, 6) is -2.71. The molecule has 9 unspecified atom stereocenters. The van der Waals surface area contributed by atoms with Crippen LogP contribution in [0, 0.1) is 0 Å². The van der Waals surface area contributed by atoms with Crippen molar-refractivity contribution in [2.24, 2.45) is 0 Å². The number of alkyl carbamates (subject to hydrolysis) is 9. The second-order valence-electron chi connectivity index (χ2n) is 28.1. The van der Waals surface area contributed by atoms with Crippen molar-refractivity contribution in [2.75, 3.05) is 72.4 Å². The summed E-state index contributed by atoms with van der Waals surface area (Å²) in [6.45, 7) is 76.8. The summed E-state index contributed by atoms with van der Waals surface area (Å²) in [7, 11) is 0. The monoisotopic (exact) mass is 1850 g/mol. The summed E-state index contributed by atoms with van der Waals surface area (Å²) in [5, 5.41) is 22.4. The van der Waals surface area contributed by atoms with Crippen LogP contribution in [0.5, 0.6) is 0 Å². The highest BCUT2D eigenvalue weighted by atomic mass is 16.6. The van der Waals surface area contributed by atoms with Gasteiger partial charge in [0.15, 0.2) is 0 Å². The van der Waals surface area contributed by atoms with Crippen LogP contribution in [-0.2, 0) is 95.0 Å². The van der Waals surface area contributed by atoms with Crippen molar-refractivity contribution in [3.8, 4) is 0 Å². The number of hydrogen-bond acceptors (Lipinski definition) is 29. The van der Waals surface area contributed by atoms with Crippen molar-refractivity contribution in [3.63, 3.8) is 0 Å². The lowest BCUT2D eigenvalue weighted by Gasteiger charge is -2.29. The van der Waals surface area contributed by atoms with Crippen molar-refractivity contribution in [1.29, 1.82) is 0 Å². The van der Waals surface area contributed by atoms with Gasteiger partial charge in [0.2, 0.25) is 0 Å². The van der Waals surface area contributed by atoms with Gasteiger partial charge in [0, 0.05) is 73.4 Å².